The molecule has 0 radical (unpaired) electrons. The molecule has 16 heavy (non-hydrogen) atoms. The van der Waals surface area contributed by atoms with E-state index in [4.69, 9.17) is 11.6 Å². The van der Waals surface area contributed by atoms with E-state index in [1.54, 1.807) is 0 Å². The number of carbonyl (C=O) groups excluding carboxylic acids is 1. The number of halogens is 1. The lowest BCUT2D eigenvalue weighted by Gasteiger charge is -2.08. The predicted octanol–water partition coefficient (Wildman–Crippen LogP) is 2.32. The molecular weight excluding hydrogens is 246 g/mol. The number of hydrogen-bond acceptors (Lipinski definition) is 4. The van der Waals surface area contributed by atoms with Gasteiger partial charge >= 0.3 is 5.97 Å². The summed E-state index contributed by atoms with van der Waals surface area (Å²) in [6, 6.07) is 5.64. The van der Waals surface area contributed by atoms with Crippen LogP contribution in [0.1, 0.15) is 5.56 Å². The van der Waals surface area contributed by atoms with E-state index in [2.05, 4.69) is 10.1 Å². The molecule has 0 unspecified atom stereocenters. The standard InChI is InChI=1S/C11H14ClNO2S/c1-13-6-8-5-9(12)3-4-10(8)16-7-11(14)15-2/h3-5,13H,6-7H2,1-2H3. The van der Waals surface area contributed by atoms with Crippen LogP contribution < -0.4 is 5.32 Å². The van der Waals surface area contributed by atoms with Gasteiger partial charge in [0.05, 0.1) is 12.9 Å². The highest BCUT2D eigenvalue weighted by Gasteiger charge is 2.07. The number of ether oxygens (including phenoxy) is 1. The first-order chi connectivity index (χ1) is 7.67. The lowest BCUT2D eigenvalue weighted by Crippen LogP contribution is -2.07. The molecule has 0 spiro atoms. The maximum absolute atomic E-state index is 11.0. The quantitative estimate of drug-likeness (QED) is 0.651. The summed E-state index contributed by atoms with van der Waals surface area (Å²) in [4.78, 5) is 12.1. The molecule has 0 heterocycles. The van der Waals surface area contributed by atoms with E-state index in [1.165, 1.54) is 18.9 Å². The minimum absolute atomic E-state index is 0.227. The summed E-state index contributed by atoms with van der Waals surface area (Å²) in [5.41, 5.74) is 1.09. The first kappa shape index (κ1) is 13.4. The summed E-state index contributed by atoms with van der Waals surface area (Å²) in [6.07, 6.45) is 0. The van der Waals surface area contributed by atoms with Gasteiger partial charge in [0, 0.05) is 16.5 Å². The summed E-state index contributed by atoms with van der Waals surface area (Å²) in [5, 5.41) is 3.77. The molecule has 0 aromatic heterocycles. The van der Waals surface area contributed by atoms with Gasteiger partial charge in [0.2, 0.25) is 0 Å². The molecule has 0 bridgehead atoms. The molecule has 0 atom stereocenters. The summed E-state index contributed by atoms with van der Waals surface area (Å²) in [5.74, 6) is 0.0878. The van der Waals surface area contributed by atoms with Crippen LogP contribution in [-0.4, -0.2) is 25.9 Å². The van der Waals surface area contributed by atoms with Crippen LogP contribution in [0, 0.1) is 0 Å². The summed E-state index contributed by atoms with van der Waals surface area (Å²) >= 11 is 7.37. The van der Waals surface area contributed by atoms with Crippen LogP contribution >= 0.6 is 23.4 Å². The van der Waals surface area contributed by atoms with E-state index in [-0.39, 0.29) is 5.97 Å². The maximum atomic E-state index is 11.0. The van der Waals surface area contributed by atoms with Crippen LogP contribution in [0.2, 0.25) is 5.02 Å². The van der Waals surface area contributed by atoms with Crippen molar-refractivity contribution in [2.75, 3.05) is 19.9 Å². The number of benzene rings is 1. The molecule has 1 aromatic rings. The first-order valence-corrected chi connectivity index (χ1v) is 6.16. The second-order valence-electron chi connectivity index (χ2n) is 3.15. The van der Waals surface area contributed by atoms with Gasteiger partial charge in [-0.1, -0.05) is 11.6 Å². The molecule has 5 heteroatoms. The molecule has 3 nitrogen and oxygen atoms in total. The average Bonchev–Trinajstić information content (AvgIpc) is 2.28. The zero-order valence-corrected chi connectivity index (χ0v) is 10.8. The maximum Gasteiger partial charge on any atom is 0.315 e. The topological polar surface area (TPSA) is 38.3 Å². The van der Waals surface area contributed by atoms with E-state index >= 15 is 0 Å². The highest BCUT2D eigenvalue weighted by molar-refractivity contribution is 8.00. The molecule has 0 aliphatic heterocycles. The third-order valence-electron chi connectivity index (χ3n) is 1.96. The Kier molecular flexibility index (Phi) is 5.66. The van der Waals surface area contributed by atoms with Crippen LogP contribution in [-0.2, 0) is 16.1 Å². The van der Waals surface area contributed by atoms with Gasteiger partial charge in [0.25, 0.3) is 0 Å². The van der Waals surface area contributed by atoms with Crippen molar-refractivity contribution < 1.29 is 9.53 Å². The molecule has 0 saturated carbocycles. The molecule has 1 N–H and O–H groups in total. The SMILES string of the molecule is CNCc1cc(Cl)ccc1SCC(=O)OC. The van der Waals surface area contributed by atoms with Gasteiger partial charge in [-0.15, -0.1) is 11.8 Å². The Bertz CT molecular complexity index is 371. The zero-order chi connectivity index (χ0) is 12.0. The van der Waals surface area contributed by atoms with Crippen LogP contribution in [0.5, 0.6) is 0 Å². The third kappa shape index (κ3) is 4.04. The van der Waals surface area contributed by atoms with Crippen molar-refractivity contribution in [2.45, 2.75) is 11.4 Å². The van der Waals surface area contributed by atoms with Crippen molar-refractivity contribution in [2.24, 2.45) is 0 Å². The Morgan fingerprint density at radius 3 is 2.94 bits per heavy atom. The Hall–Kier alpha value is -0.710. The number of methoxy groups -OCH3 is 1. The van der Waals surface area contributed by atoms with Crippen LogP contribution in [0.3, 0.4) is 0 Å². The monoisotopic (exact) mass is 259 g/mol. The van der Waals surface area contributed by atoms with Crippen LogP contribution in [0.25, 0.3) is 0 Å². The van der Waals surface area contributed by atoms with Crippen molar-refractivity contribution in [3.63, 3.8) is 0 Å². The van der Waals surface area contributed by atoms with Gasteiger partial charge in [0.1, 0.15) is 0 Å². The second kappa shape index (κ2) is 6.78. The predicted molar refractivity (Wildman–Crippen MR) is 67.0 cm³/mol. The Labute approximate surface area is 105 Å². The van der Waals surface area contributed by atoms with E-state index in [1.807, 2.05) is 25.2 Å². The van der Waals surface area contributed by atoms with Gasteiger partial charge in [-0.25, -0.2) is 0 Å². The number of nitrogens with one attached hydrogen (secondary N) is 1. The summed E-state index contributed by atoms with van der Waals surface area (Å²) in [6.45, 7) is 0.726. The molecular formula is C11H14ClNO2S. The summed E-state index contributed by atoms with van der Waals surface area (Å²) < 4.78 is 4.59. The molecule has 0 aliphatic rings. The number of esters is 1. The van der Waals surface area contributed by atoms with Gasteiger partial charge in [-0.05, 0) is 30.8 Å². The Balaban J connectivity index is 2.73. The van der Waals surface area contributed by atoms with Gasteiger partial charge in [-0.3, -0.25) is 4.79 Å². The smallest absolute Gasteiger partial charge is 0.315 e. The van der Waals surface area contributed by atoms with Crippen molar-refractivity contribution >= 4 is 29.3 Å². The van der Waals surface area contributed by atoms with Gasteiger partial charge < -0.3 is 10.1 Å². The van der Waals surface area contributed by atoms with Gasteiger partial charge in [-0.2, -0.15) is 0 Å². The first-order valence-electron chi connectivity index (χ1n) is 4.80. The van der Waals surface area contributed by atoms with E-state index in [0.29, 0.717) is 10.8 Å². The highest BCUT2D eigenvalue weighted by Crippen LogP contribution is 2.25. The van der Waals surface area contributed by atoms with Crippen molar-refractivity contribution in [1.29, 1.82) is 0 Å². The molecule has 0 saturated heterocycles. The second-order valence-corrected chi connectivity index (χ2v) is 4.60. The average molecular weight is 260 g/mol. The Morgan fingerprint density at radius 1 is 1.56 bits per heavy atom. The molecule has 88 valence electrons. The molecule has 1 aromatic carbocycles. The van der Waals surface area contributed by atoms with E-state index < -0.39 is 0 Å². The minimum Gasteiger partial charge on any atom is -0.468 e. The number of rotatable bonds is 5. The van der Waals surface area contributed by atoms with E-state index in [0.717, 1.165) is 17.0 Å². The highest BCUT2D eigenvalue weighted by atomic mass is 35.5. The largest absolute Gasteiger partial charge is 0.468 e. The molecule has 0 fully saturated rings. The van der Waals surface area contributed by atoms with Crippen molar-refractivity contribution in [3.8, 4) is 0 Å². The number of carbonyl (C=O) groups is 1. The van der Waals surface area contributed by atoms with Gasteiger partial charge in [0.15, 0.2) is 0 Å². The van der Waals surface area contributed by atoms with Crippen molar-refractivity contribution in [1.82, 2.24) is 5.32 Å². The molecule has 1 rings (SSSR count). The summed E-state index contributed by atoms with van der Waals surface area (Å²) in [7, 11) is 3.26. The lowest BCUT2D eigenvalue weighted by atomic mass is 10.2. The number of hydrogen-bond donors (Lipinski definition) is 1. The third-order valence-corrected chi connectivity index (χ3v) is 3.29. The normalized spacial score (nSPS) is 10.2. The number of thioether (sulfide) groups is 1. The Morgan fingerprint density at radius 2 is 2.31 bits per heavy atom. The fourth-order valence-corrected chi connectivity index (χ4v) is 2.28. The molecule has 0 aliphatic carbocycles. The fraction of sp³-hybridized carbons (Fsp3) is 0.364. The minimum atomic E-state index is -0.227. The van der Waals surface area contributed by atoms with Crippen molar-refractivity contribution in [3.05, 3.63) is 28.8 Å². The zero-order valence-electron chi connectivity index (χ0n) is 9.25. The fourth-order valence-electron chi connectivity index (χ4n) is 1.21. The lowest BCUT2D eigenvalue weighted by molar-refractivity contribution is -0.137. The van der Waals surface area contributed by atoms with Crippen LogP contribution in [0.4, 0.5) is 0 Å². The van der Waals surface area contributed by atoms with Crippen LogP contribution in [0.15, 0.2) is 23.1 Å². The van der Waals surface area contributed by atoms with E-state index in [9.17, 15) is 4.79 Å². The molecule has 0 amide bonds.